The van der Waals surface area contributed by atoms with Gasteiger partial charge in [-0.3, -0.25) is 0 Å². The van der Waals surface area contributed by atoms with Crippen LogP contribution in [0.3, 0.4) is 0 Å². The standard InChI is InChI=1S/C9H16O3S/c1-5-12-8(3)7-9(4)13(10,11)6-2/h7H,3,5-6H2,1-2,4H3. The highest BCUT2D eigenvalue weighted by atomic mass is 32.2. The van der Waals surface area contributed by atoms with Crippen molar-refractivity contribution in [2.45, 2.75) is 20.8 Å². The molecule has 0 heterocycles. The highest BCUT2D eigenvalue weighted by Gasteiger charge is 2.09. The Balaban J connectivity index is 4.60. The van der Waals surface area contributed by atoms with E-state index in [1.807, 2.05) is 6.92 Å². The summed E-state index contributed by atoms with van der Waals surface area (Å²) in [6.07, 6.45) is 1.45. The molecule has 0 radical (unpaired) electrons. The third-order valence-electron chi connectivity index (χ3n) is 1.56. The Morgan fingerprint density at radius 2 is 2.00 bits per heavy atom. The van der Waals surface area contributed by atoms with Crippen LogP contribution >= 0.6 is 0 Å². The highest BCUT2D eigenvalue weighted by molar-refractivity contribution is 7.95. The van der Waals surface area contributed by atoms with Crippen LogP contribution < -0.4 is 0 Å². The van der Waals surface area contributed by atoms with Crippen molar-refractivity contribution in [3.8, 4) is 0 Å². The average molecular weight is 204 g/mol. The maximum Gasteiger partial charge on any atom is 0.174 e. The van der Waals surface area contributed by atoms with Crippen molar-refractivity contribution in [2.75, 3.05) is 12.4 Å². The predicted octanol–water partition coefficient (Wildman–Crippen LogP) is 1.88. The number of rotatable bonds is 5. The molecule has 0 saturated heterocycles. The van der Waals surface area contributed by atoms with Crippen LogP contribution in [0, 0.1) is 0 Å². The fourth-order valence-corrected chi connectivity index (χ4v) is 1.54. The van der Waals surface area contributed by atoms with Gasteiger partial charge < -0.3 is 4.74 Å². The second-order valence-corrected chi connectivity index (χ2v) is 5.01. The van der Waals surface area contributed by atoms with Crippen LogP contribution in [-0.4, -0.2) is 20.8 Å². The second kappa shape index (κ2) is 5.07. The lowest BCUT2D eigenvalue weighted by Gasteiger charge is -2.04. The van der Waals surface area contributed by atoms with Gasteiger partial charge in [-0.25, -0.2) is 8.42 Å². The fourth-order valence-electron chi connectivity index (χ4n) is 0.771. The first-order chi connectivity index (χ1) is 5.94. The third kappa shape index (κ3) is 4.12. The molecule has 4 heteroatoms. The van der Waals surface area contributed by atoms with E-state index in [4.69, 9.17) is 4.74 Å². The van der Waals surface area contributed by atoms with Gasteiger partial charge in [0.25, 0.3) is 0 Å². The lowest BCUT2D eigenvalue weighted by atomic mass is 10.5. The van der Waals surface area contributed by atoms with Gasteiger partial charge in [0.1, 0.15) is 5.76 Å². The SMILES string of the molecule is C=C(C=C(C)S(=O)(=O)CC)OCC. The lowest BCUT2D eigenvalue weighted by Crippen LogP contribution is -2.04. The molecule has 0 spiro atoms. The number of ether oxygens (including phenoxy) is 1. The molecule has 0 unspecified atom stereocenters. The Morgan fingerprint density at radius 3 is 2.38 bits per heavy atom. The summed E-state index contributed by atoms with van der Waals surface area (Å²) in [5, 5.41) is 0. The number of hydrogen-bond donors (Lipinski definition) is 0. The topological polar surface area (TPSA) is 43.4 Å². The van der Waals surface area contributed by atoms with Gasteiger partial charge in [-0.1, -0.05) is 13.5 Å². The first-order valence-electron chi connectivity index (χ1n) is 4.16. The first kappa shape index (κ1) is 12.2. The Kier molecular flexibility index (Phi) is 4.77. The van der Waals surface area contributed by atoms with Crippen molar-refractivity contribution in [1.29, 1.82) is 0 Å². The molecule has 0 aliphatic rings. The summed E-state index contributed by atoms with van der Waals surface area (Å²) in [4.78, 5) is 0.299. The van der Waals surface area contributed by atoms with E-state index in [2.05, 4.69) is 6.58 Å². The molecule has 0 rings (SSSR count). The molecule has 0 aromatic rings. The van der Waals surface area contributed by atoms with Gasteiger partial charge in [-0.05, 0) is 19.9 Å². The first-order valence-corrected chi connectivity index (χ1v) is 5.82. The molecule has 3 nitrogen and oxygen atoms in total. The number of sulfone groups is 1. The molecule has 0 aromatic heterocycles. The van der Waals surface area contributed by atoms with Gasteiger partial charge in [0.05, 0.1) is 12.4 Å². The zero-order chi connectivity index (χ0) is 10.5. The predicted molar refractivity (Wildman–Crippen MR) is 54.0 cm³/mol. The normalized spacial score (nSPS) is 12.7. The van der Waals surface area contributed by atoms with Crippen LogP contribution in [-0.2, 0) is 14.6 Å². The molecular weight excluding hydrogens is 188 g/mol. The molecule has 0 fully saturated rings. The van der Waals surface area contributed by atoms with Crippen molar-refractivity contribution in [3.63, 3.8) is 0 Å². The summed E-state index contributed by atoms with van der Waals surface area (Å²) in [5.41, 5.74) is 0. The van der Waals surface area contributed by atoms with E-state index < -0.39 is 9.84 Å². The molecule has 0 saturated carbocycles. The Hall–Kier alpha value is -0.770. The van der Waals surface area contributed by atoms with Crippen molar-refractivity contribution >= 4 is 9.84 Å². The van der Waals surface area contributed by atoms with Crippen LogP contribution in [0.1, 0.15) is 20.8 Å². The van der Waals surface area contributed by atoms with Crippen LogP contribution in [0.25, 0.3) is 0 Å². The molecule has 13 heavy (non-hydrogen) atoms. The van der Waals surface area contributed by atoms with Gasteiger partial charge in [-0.2, -0.15) is 0 Å². The van der Waals surface area contributed by atoms with E-state index in [1.165, 1.54) is 6.08 Å². The van der Waals surface area contributed by atoms with E-state index in [0.29, 0.717) is 17.3 Å². The summed E-state index contributed by atoms with van der Waals surface area (Å²) in [7, 11) is -3.09. The van der Waals surface area contributed by atoms with Crippen molar-refractivity contribution < 1.29 is 13.2 Å². The quantitative estimate of drug-likeness (QED) is 0.507. The van der Waals surface area contributed by atoms with Crippen molar-refractivity contribution in [1.82, 2.24) is 0 Å². The summed E-state index contributed by atoms with van der Waals surface area (Å²) < 4.78 is 27.6. The fraction of sp³-hybridized carbons (Fsp3) is 0.556. The van der Waals surface area contributed by atoms with E-state index >= 15 is 0 Å². The number of hydrogen-bond acceptors (Lipinski definition) is 3. The minimum atomic E-state index is -3.09. The second-order valence-electron chi connectivity index (χ2n) is 2.56. The van der Waals surface area contributed by atoms with E-state index in [0.717, 1.165) is 0 Å². The van der Waals surface area contributed by atoms with Gasteiger partial charge in [0, 0.05) is 4.91 Å². The van der Waals surface area contributed by atoms with Gasteiger partial charge in [0.15, 0.2) is 9.84 Å². The maximum atomic E-state index is 11.3. The number of allylic oxidation sites excluding steroid dienone is 2. The lowest BCUT2D eigenvalue weighted by molar-refractivity contribution is 0.244. The monoisotopic (exact) mass is 204 g/mol. The zero-order valence-corrected chi connectivity index (χ0v) is 9.15. The summed E-state index contributed by atoms with van der Waals surface area (Å²) in [6, 6.07) is 0. The average Bonchev–Trinajstić information content (AvgIpc) is 2.04. The maximum absolute atomic E-state index is 11.3. The van der Waals surface area contributed by atoms with Gasteiger partial charge in [-0.15, -0.1) is 0 Å². The Bertz CT molecular complexity index is 299. The highest BCUT2D eigenvalue weighted by Crippen LogP contribution is 2.09. The van der Waals surface area contributed by atoms with E-state index in [-0.39, 0.29) is 5.75 Å². The minimum Gasteiger partial charge on any atom is -0.494 e. The zero-order valence-electron chi connectivity index (χ0n) is 8.33. The van der Waals surface area contributed by atoms with E-state index in [1.54, 1.807) is 13.8 Å². The van der Waals surface area contributed by atoms with Crippen LogP contribution in [0.4, 0.5) is 0 Å². The molecular formula is C9H16O3S. The van der Waals surface area contributed by atoms with Crippen LogP contribution in [0.5, 0.6) is 0 Å². The molecule has 0 amide bonds. The van der Waals surface area contributed by atoms with Crippen molar-refractivity contribution in [3.05, 3.63) is 23.3 Å². The van der Waals surface area contributed by atoms with Gasteiger partial charge >= 0.3 is 0 Å². The molecule has 0 aromatic carbocycles. The Morgan fingerprint density at radius 1 is 1.46 bits per heavy atom. The summed E-state index contributed by atoms with van der Waals surface area (Å²) in [5.74, 6) is 0.492. The van der Waals surface area contributed by atoms with Crippen LogP contribution in [0.15, 0.2) is 23.3 Å². The van der Waals surface area contributed by atoms with E-state index in [9.17, 15) is 8.42 Å². The van der Waals surface area contributed by atoms with Gasteiger partial charge in [0.2, 0.25) is 0 Å². The largest absolute Gasteiger partial charge is 0.494 e. The summed E-state index contributed by atoms with van der Waals surface area (Å²) >= 11 is 0. The molecule has 0 atom stereocenters. The molecule has 0 aliphatic carbocycles. The Labute approximate surface area is 80.0 Å². The summed E-state index contributed by atoms with van der Waals surface area (Å²) in [6.45, 7) is 9.04. The smallest absolute Gasteiger partial charge is 0.174 e. The molecule has 0 bridgehead atoms. The minimum absolute atomic E-state index is 0.106. The third-order valence-corrected chi connectivity index (χ3v) is 3.42. The molecule has 76 valence electrons. The molecule has 0 aliphatic heterocycles. The molecule has 0 N–H and O–H groups in total. The van der Waals surface area contributed by atoms with Crippen LogP contribution in [0.2, 0.25) is 0 Å². The van der Waals surface area contributed by atoms with Crippen molar-refractivity contribution in [2.24, 2.45) is 0 Å².